The van der Waals surface area contributed by atoms with Crippen LogP contribution in [0, 0.1) is 6.92 Å². The van der Waals surface area contributed by atoms with E-state index in [1.165, 1.54) is 6.07 Å². The van der Waals surface area contributed by atoms with Crippen LogP contribution < -0.4 is 15.7 Å². The lowest BCUT2D eigenvalue weighted by Gasteiger charge is -2.13. The minimum atomic E-state index is -4.66. The van der Waals surface area contributed by atoms with Gasteiger partial charge in [0.25, 0.3) is 0 Å². The Bertz CT molecular complexity index is 1430. The number of carbonyl (C=O) groups excluding carboxylic acids is 2. The summed E-state index contributed by atoms with van der Waals surface area (Å²) >= 11 is 5.60. The van der Waals surface area contributed by atoms with E-state index in [1.54, 1.807) is 36.4 Å². The molecule has 1 heterocycles. The van der Waals surface area contributed by atoms with Crippen molar-refractivity contribution in [3.8, 4) is 11.1 Å². The number of benzene rings is 3. The molecule has 0 bridgehead atoms. The molecule has 11 heteroatoms. The molecule has 4 aromatic rings. The van der Waals surface area contributed by atoms with Crippen molar-refractivity contribution in [2.75, 3.05) is 10.6 Å². The number of carboxylic acid groups (broad SMARTS) is 1. The number of fused-ring (bicyclic) bond motifs is 1. The van der Waals surface area contributed by atoms with Crippen molar-refractivity contribution >= 4 is 45.9 Å². The van der Waals surface area contributed by atoms with Crippen molar-refractivity contribution in [1.82, 2.24) is 10.2 Å². The van der Waals surface area contributed by atoms with Gasteiger partial charge >= 0.3 is 12.2 Å². The number of carbonyl (C=O) groups is 2. The van der Waals surface area contributed by atoms with Crippen LogP contribution in [0.15, 0.2) is 54.6 Å². The van der Waals surface area contributed by atoms with Crippen molar-refractivity contribution in [3.63, 3.8) is 0 Å². The average molecular weight is 488 g/mol. The second kappa shape index (κ2) is 8.71. The van der Waals surface area contributed by atoms with Crippen molar-refractivity contribution < 1.29 is 27.9 Å². The molecule has 2 amide bonds. The number of halogens is 4. The molecule has 0 saturated heterocycles. The number of alkyl halides is 3. The summed E-state index contributed by atoms with van der Waals surface area (Å²) in [5.74, 6) is -1.39. The van der Waals surface area contributed by atoms with Gasteiger partial charge in [-0.05, 0) is 66.1 Å². The van der Waals surface area contributed by atoms with Gasteiger partial charge in [-0.2, -0.15) is 18.3 Å². The number of aromatic amines is 1. The highest BCUT2D eigenvalue weighted by molar-refractivity contribution is 6.31. The fourth-order valence-electron chi connectivity index (χ4n) is 3.47. The van der Waals surface area contributed by atoms with Gasteiger partial charge in [0, 0.05) is 16.8 Å². The van der Waals surface area contributed by atoms with Crippen LogP contribution in [0.3, 0.4) is 0 Å². The van der Waals surface area contributed by atoms with Crippen LogP contribution in [0.1, 0.15) is 21.6 Å². The number of aromatic carboxylic acids is 1. The molecule has 1 aromatic heterocycles. The average Bonchev–Trinajstić information content (AvgIpc) is 3.19. The quantitative estimate of drug-likeness (QED) is 0.366. The lowest BCUT2D eigenvalue weighted by atomic mass is 9.98. The summed E-state index contributed by atoms with van der Waals surface area (Å²) in [6.45, 7) is 1.86. The first-order valence-electron chi connectivity index (χ1n) is 9.78. The topological polar surface area (TPSA) is 110 Å². The molecule has 0 spiro atoms. The van der Waals surface area contributed by atoms with Crippen molar-refractivity contribution in [2.24, 2.45) is 0 Å². The Balaban J connectivity index is 1.56. The first-order chi connectivity index (χ1) is 16.0. The van der Waals surface area contributed by atoms with Crippen molar-refractivity contribution in [3.05, 3.63) is 76.4 Å². The largest absolute Gasteiger partial charge is 0.543 e. The number of hydrogen-bond donors (Lipinski definition) is 3. The first-order valence-corrected chi connectivity index (χ1v) is 10.2. The maximum absolute atomic E-state index is 13.0. The number of nitrogens with one attached hydrogen (secondary N) is 3. The van der Waals surface area contributed by atoms with Gasteiger partial charge in [-0.1, -0.05) is 23.7 Å². The molecule has 0 aliphatic heterocycles. The van der Waals surface area contributed by atoms with E-state index in [1.807, 2.05) is 6.92 Å². The molecule has 0 unspecified atom stereocenters. The van der Waals surface area contributed by atoms with Crippen LogP contribution in [0.25, 0.3) is 22.0 Å². The highest BCUT2D eigenvalue weighted by atomic mass is 35.5. The second-order valence-corrected chi connectivity index (χ2v) is 7.83. The number of amides is 2. The van der Waals surface area contributed by atoms with E-state index in [2.05, 4.69) is 20.8 Å². The molecular formula is C23H15ClF3N4O3-. The number of H-pyrrole nitrogens is 1. The van der Waals surface area contributed by atoms with Crippen LogP contribution in [0.4, 0.5) is 29.3 Å². The summed E-state index contributed by atoms with van der Waals surface area (Å²) in [5.41, 5.74) is 1.92. The zero-order valence-corrected chi connectivity index (χ0v) is 18.1. The van der Waals surface area contributed by atoms with Gasteiger partial charge < -0.3 is 20.5 Å². The van der Waals surface area contributed by atoms with Gasteiger partial charge in [0.1, 0.15) is 5.69 Å². The monoisotopic (exact) mass is 487 g/mol. The molecule has 3 N–H and O–H groups in total. The molecule has 0 aliphatic rings. The molecular weight excluding hydrogens is 473 g/mol. The first kappa shape index (κ1) is 23.1. The Kier molecular flexibility index (Phi) is 5.92. The molecule has 0 aliphatic carbocycles. The molecule has 0 radical (unpaired) electrons. The molecule has 7 nitrogen and oxygen atoms in total. The normalized spacial score (nSPS) is 11.4. The third-order valence-corrected chi connectivity index (χ3v) is 5.42. The van der Waals surface area contributed by atoms with E-state index in [9.17, 15) is 27.9 Å². The van der Waals surface area contributed by atoms with Crippen LogP contribution in [-0.4, -0.2) is 22.2 Å². The molecule has 3 aromatic carbocycles. The van der Waals surface area contributed by atoms with Crippen molar-refractivity contribution in [2.45, 2.75) is 13.1 Å². The fraction of sp³-hybridized carbons (Fsp3) is 0.0870. The van der Waals surface area contributed by atoms with Gasteiger partial charge in [0.2, 0.25) is 0 Å². The minimum absolute atomic E-state index is 0.0741. The lowest BCUT2D eigenvalue weighted by Crippen LogP contribution is -2.22. The maximum Gasteiger partial charge on any atom is 0.417 e. The molecule has 0 fully saturated rings. The minimum Gasteiger partial charge on any atom is -0.543 e. The number of aromatic nitrogens is 2. The van der Waals surface area contributed by atoms with Crippen LogP contribution >= 0.6 is 11.6 Å². The number of hydrogen-bond acceptors (Lipinski definition) is 4. The summed E-state index contributed by atoms with van der Waals surface area (Å²) in [7, 11) is 0. The molecule has 0 atom stereocenters. The van der Waals surface area contributed by atoms with E-state index in [0.717, 1.165) is 28.8 Å². The van der Waals surface area contributed by atoms with E-state index >= 15 is 0 Å². The van der Waals surface area contributed by atoms with Crippen LogP contribution in [-0.2, 0) is 6.18 Å². The second-order valence-electron chi connectivity index (χ2n) is 7.42. The fourth-order valence-corrected chi connectivity index (χ4v) is 3.69. The van der Waals surface area contributed by atoms with Crippen LogP contribution in [0.2, 0.25) is 5.02 Å². The highest BCUT2D eigenvalue weighted by Gasteiger charge is 2.33. The van der Waals surface area contributed by atoms with Gasteiger partial charge in [-0.25, -0.2) is 4.79 Å². The number of anilines is 2. The van der Waals surface area contributed by atoms with E-state index in [-0.39, 0.29) is 11.4 Å². The van der Waals surface area contributed by atoms with Crippen LogP contribution in [0.5, 0.6) is 0 Å². The third kappa shape index (κ3) is 4.67. The Morgan fingerprint density at radius 3 is 2.35 bits per heavy atom. The molecule has 174 valence electrons. The Morgan fingerprint density at radius 1 is 1.00 bits per heavy atom. The summed E-state index contributed by atoms with van der Waals surface area (Å²) in [4.78, 5) is 23.5. The van der Waals surface area contributed by atoms with Gasteiger partial charge in [0.05, 0.1) is 22.1 Å². The van der Waals surface area contributed by atoms with Crippen molar-refractivity contribution in [1.29, 1.82) is 0 Å². The summed E-state index contributed by atoms with van der Waals surface area (Å²) in [5, 5.41) is 22.4. The summed E-state index contributed by atoms with van der Waals surface area (Å²) < 4.78 is 39.1. The maximum atomic E-state index is 13.0. The smallest absolute Gasteiger partial charge is 0.417 e. The number of rotatable bonds is 4. The Hall–Kier alpha value is -4.05. The lowest BCUT2D eigenvalue weighted by molar-refractivity contribution is -0.255. The SMILES string of the molecule is Cc1ccc(NC(=O)Nc2ccc(Cl)c(C(F)(F)F)c2)cc1-c1ccc2c(C(=O)[O-])n[nH]c2c1. The standard InChI is InChI=1S/C23H16ClF3N4O3/c1-11-2-4-13(28-22(34)29-14-5-7-18(24)17(10-14)23(25,26)27)9-16(11)12-3-6-15-19(8-12)30-31-20(15)21(32)33/h2-10H,1H3,(H,30,31)(H,32,33)(H2,28,29,34)/p-1. The number of nitrogens with zero attached hydrogens (tertiary/aromatic N) is 1. The summed E-state index contributed by atoms with van der Waals surface area (Å²) in [6, 6.07) is 12.5. The predicted molar refractivity (Wildman–Crippen MR) is 120 cm³/mol. The molecule has 4 rings (SSSR count). The van der Waals surface area contributed by atoms with Gasteiger partial charge in [-0.15, -0.1) is 0 Å². The molecule has 0 saturated carbocycles. The zero-order valence-electron chi connectivity index (χ0n) is 17.4. The van der Waals surface area contributed by atoms with Gasteiger partial charge in [-0.3, -0.25) is 5.10 Å². The Morgan fingerprint density at radius 2 is 1.68 bits per heavy atom. The van der Waals surface area contributed by atoms with E-state index in [0.29, 0.717) is 16.6 Å². The predicted octanol–water partition coefficient (Wildman–Crippen LogP) is 5.22. The van der Waals surface area contributed by atoms with Gasteiger partial charge in [0.15, 0.2) is 0 Å². The zero-order chi connectivity index (χ0) is 24.6. The van der Waals surface area contributed by atoms with E-state index in [4.69, 9.17) is 11.6 Å². The molecule has 34 heavy (non-hydrogen) atoms. The number of carboxylic acids is 1. The number of aryl methyl sites for hydroxylation is 1. The Labute approximate surface area is 195 Å². The summed E-state index contributed by atoms with van der Waals surface area (Å²) in [6.07, 6.45) is -4.66. The number of urea groups is 1. The van der Waals surface area contributed by atoms with E-state index < -0.39 is 28.8 Å². The third-order valence-electron chi connectivity index (χ3n) is 5.09. The highest BCUT2D eigenvalue weighted by Crippen LogP contribution is 2.36.